The molecule has 2 rings (SSSR count). The monoisotopic (exact) mass is 276 g/mol. The van der Waals surface area contributed by atoms with Crippen LogP contribution in [0.25, 0.3) is 0 Å². The van der Waals surface area contributed by atoms with E-state index >= 15 is 0 Å². The van der Waals surface area contributed by atoms with Gasteiger partial charge in [-0.3, -0.25) is 14.6 Å². The van der Waals surface area contributed by atoms with Gasteiger partial charge < -0.3 is 10.2 Å². The highest BCUT2D eigenvalue weighted by Crippen LogP contribution is 2.12. The normalized spacial score (nSPS) is 12.7. The summed E-state index contributed by atoms with van der Waals surface area (Å²) in [4.78, 5) is 14.2. The number of carbonyl (C=O) groups is 1. The molecule has 0 aromatic carbocycles. The molecule has 1 amide bonds. The Hall–Kier alpha value is -2.15. The molecule has 0 saturated heterocycles. The molecule has 0 aliphatic carbocycles. The van der Waals surface area contributed by atoms with Gasteiger partial charge in [0, 0.05) is 24.5 Å². The second kappa shape index (κ2) is 5.87. The molecule has 0 bridgehead atoms. The van der Waals surface area contributed by atoms with Crippen molar-refractivity contribution >= 4 is 11.7 Å². The van der Waals surface area contributed by atoms with E-state index in [9.17, 15) is 4.79 Å². The van der Waals surface area contributed by atoms with Crippen molar-refractivity contribution in [1.82, 2.24) is 24.9 Å². The summed E-state index contributed by atoms with van der Waals surface area (Å²) in [7, 11) is 3.95. The Kier molecular flexibility index (Phi) is 4.19. The number of H-pyrrole nitrogens is 1. The van der Waals surface area contributed by atoms with E-state index < -0.39 is 0 Å². The number of aromatic nitrogens is 4. The SMILES string of the molecule is Cc1ccnn1C(C)C(=O)Nc1cc(CN(C)C)[nH]n1. The van der Waals surface area contributed by atoms with Crippen LogP contribution in [0.5, 0.6) is 0 Å². The molecule has 0 radical (unpaired) electrons. The molecule has 0 saturated carbocycles. The van der Waals surface area contributed by atoms with E-state index in [1.807, 2.05) is 45.0 Å². The third-order valence-corrected chi connectivity index (χ3v) is 2.98. The highest BCUT2D eigenvalue weighted by Gasteiger charge is 2.18. The Bertz CT molecular complexity index is 585. The Labute approximate surface area is 118 Å². The van der Waals surface area contributed by atoms with Crippen molar-refractivity contribution in [2.45, 2.75) is 26.4 Å². The topological polar surface area (TPSA) is 78.8 Å². The van der Waals surface area contributed by atoms with Gasteiger partial charge >= 0.3 is 0 Å². The Morgan fingerprint density at radius 2 is 2.30 bits per heavy atom. The predicted molar refractivity (Wildman–Crippen MR) is 76.3 cm³/mol. The summed E-state index contributed by atoms with van der Waals surface area (Å²) in [5, 5.41) is 13.9. The number of hydrogen-bond donors (Lipinski definition) is 2. The second-order valence-corrected chi connectivity index (χ2v) is 5.10. The molecule has 1 atom stereocenters. The van der Waals surface area contributed by atoms with Crippen molar-refractivity contribution in [2.24, 2.45) is 0 Å². The van der Waals surface area contributed by atoms with E-state index in [-0.39, 0.29) is 11.9 Å². The average Bonchev–Trinajstić information content (AvgIpc) is 2.97. The molecular weight excluding hydrogens is 256 g/mol. The number of nitrogens with one attached hydrogen (secondary N) is 2. The summed E-state index contributed by atoms with van der Waals surface area (Å²) in [6.45, 7) is 4.47. The molecule has 2 N–H and O–H groups in total. The van der Waals surface area contributed by atoms with Crippen LogP contribution in [-0.4, -0.2) is 44.9 Å². The van der Waals surface area contributed by atoms with Crippen molar-refractivity contribution in [3.8, 4) is 0 Å². The zero-order valence-corrected chi connectivity index (χ0v) is 12.2. The fourth-order valence-electron chi connectivity index (χ4n) is 1.97. The van der Waals surface area contributed by atoms with Gasteiger partial charge in [0.05, 0.1) is 5.69 Å². The molecular formula is C13H20N6O. The Morgan fingerprint density at radius 1 is 1.55 bits per heavy atom. The zero-order valence-electron chi connectivity index (χ0n) is 12.2. The number of carbonyl (C=O) groups excluding carboxylic acids is 1. The third kappa shape index (κ3) is 3.24. The fraction of sp³-hybridized carbons (Fsp3) is 0.462. The van der Waals surface area contributed by atoms with Crippen LogP contribution in [0.15, 0.2) is 18.3 Å². The van der Waals surface area contributed by atoms with Crippen LogP contribution < -0.4 is 5.32 Å². The molecule has 0 aliphatic rings. The number of nitrogens with zero attached hydrogens (tertiary/aromatic N) is 4. The van der Waals surface area contributed by atoms with E-state index in [1.165, 1.54) is 0 Å². The summed E-state index contributed by atoms with van der Waals surface area (Å²) in [5.74, 6) is 0.392. The molecule has 1 unspecified atom stereocenters. The first-order valence-electron chi connectivity index (χ1n) is 6.47. The number of hydrogen-bond acceptors (Lipinski definition) is 4. The third-order valence-electron chi connectivity index (χ3n) is 2.98. The van der Waals surface area contributed by atoms with Gasteiger partial charge in [0.25, 0.3) is 0 Å². The van der Waals surface area contributed by atoms with Crippen molar-refractivity contribution in [2.75, 3.05) is 19.4 Å². The van der Waals surface area contributed by atoms with E-state index in [2.05, 4.69) is 20.6 Å². The lowest BCUT2D eigenvalue weighted by Gasteiger charge is -2.13. The maximum atomic E-state index is 12.2. The molecule has 2 aromatic heterocycles. The molecule has 108 valence electrons. The Balaban J connectivity index is 2.01. The van der Waals surface area contributed by atoms with Crippen molar-refractivity contribution < 1.29 is 4.79 Å². The van der Waals surface area contributed by atoms with E-state index in [0.717, 1.165) is 17.9 Å². The van der Waals surface area contributed by atoms with Crippen LogP contribution >= 0.6 is 0 Å². The zero-order chi connectivity index (χ0) is 14.7. The van der Waals surface area contributed by atoms with E-state index in [4.69, 9.17) is 0 Å². The van der Waals surface area contributed by atoms with Gasteiger partial charge in [-0.05, 0) is 34.0 Å². The highest BCUT2D eigenvalue weighted by molar-refractivity contribution is 5.92. The molecule has 2 heterocycles. The van der Waals surface area contributed by atoms with Crippen LogP contribution in [0.2, 0.25) is 0 Å². The van der Waals surface area contributed by atoms with Crippen molar-refractivity contribution in [3.05, 3.63) is 29.7 Å². The molecule has 7 nitrogen and oxygen atoms in total. The number of amides is 1. The minimum Gasteiger partial charge on any atom is -0.307 e. The van der Waals surface area contributed by atoms with E-state index in [1.54, 1.807) is 10.9 Å². The molecule has 2 aromatic rings. The average molecular weight is 276 g/mol. The number of rotatable bonds is 5. The van der Waals surface area contributed by atoms with Crippen LogP contribution in [0.4, 0.5) is 5.82 Å². The largest absolute Gasteiger partial charge is 0.307 e. The molecule has 20 heavy (non-hydrogen) atoms. The summed E-state index contributed by atoms with van der Waals surface area (Å²) in [6.07, 6.45) is 1.68. The first-order valence-corrected chi connectivity index (χ1v) is 6.47. The van der Waals surface area contributed by atoms with E-state index in [0.29, 0.717) is 5.82 Å². The van der Waals surface area contributed by atoms with Crippen LogP contribution in [0.1, 0.15) is 24.4 Å². The number of anilines is 1. The maximum absolute atomic E-state index is 12.2. The van der Waals surface area contributed by atoms with Gasteiger partial charge in [0.1, 0.15) is 6.04 Å². The molecule has 0 aliphatic heterocycles. The van der Waals surface area contributed by atoms with Crippen LogP contribution in [0.3, 0.4) is 0 Å². The van der Waals surface area contributed by atoms with Gasteiger partial charge in [0.2, 0.25) is 5.91 Å². The number of aromatic amines is 1. The van der Waals surface area contributed by atoms with Crippen molar-refractivity contribution in [3.63, 3.8) is 0 Å². The summed E-state index contributed by atoms with van der Waals surface area (Å²) < 4.78 is 1.68. The van der Waals surface area contributed by atoms with Crippen molar-refractivity contribution in [1.29, 1.82) is 0 Å². The van der Waals surface area contributed by atoms with Gasteiger partial charge in [-0.2, -0.15) is 10.2 Å². The fourth-order valence-corrected chi connectivity index (χ4v) is 1.97. The van der Waals surface area contributed by atoms with Crippen LogP contribution in [-0.2, 0) is 11.3 Å². The summed E-state index contributed by atoms with van der Waals surface area (Å²) >= 11 is 0. The first kappa shape index (κ1) is 14.3. The van der Waals surface area contributed by atoms with Crippen LogP contribution in [0, 0.1) is 6.92 Å². The minimum absolute atomic E-state index is 0.139. The maximum Gasteiger partial charge on any atom is 0.250 e. The molecule has 7 heteroatoms. The highest BCUT2D eigenvalue weighted by atomic mass is 16.2. The second-order valence-electron chi connectivity index (χ2n) is 5.10. The molecule has 0 fully saturated rings. The lowest BCUT2D eigenvalue weighted by molar-refractivity contribution is -0.119. The smallest absolute Gasteiger partial charge is 0.250 e. The lowest BCUT2D eigenvalue weighted by atomic mass is 10.3. The minimum atomic E-state index is -0.376. The Morgan fingerprint density at radius 3 is 2.90 bits per heavy atom. The predicted octanol–water partition coefficient (Wildman–Crippen LogP) is 1.18. The first-order chi connectivity index (χ1) is 9.47. The van der Waals surface area contributed by atoms with Gasteiger partial charge in [-0.15, -0.1) is 0 Å². The number of aryl methyl sites for hydroxylation is 1. The van der Waals surface area contributed by atoms with Gasteiger partial charge in [-0.25, -0.2) is 0 Å². The standard InChI is InChI=1S/C13H20N6O/c1-9-5-6-14-19(9)10(2)13(20)15-12-7-11(16-17-12)8-18(3)4/h5-7,10H,8H2,1-4H3,(H2,15,16,17,20). The molecule has 0 spiro atoms. The van der Waals surface area contributed by atoms with Gasteiger partial charge in [0.15, 0.2) is 5.82 Å². The summed E-state index contributed by atoms with van der Waals surface area (Å²) in [6, 6.07) is 3.33. The quantitative estimate of drug-likeness (QED) is 0.859. The summed E-state index contributed by atoms with van der Waals surface area (Å²) in [5.41, 5.74) is 1.90. The lowest BCUT2D eigenvalue weighted by Crippen LogP contribution is -2.25. The van der Waals surface area contributed by atoms with Gasteiger partial charge in [-0.1, -0.05) is 0 Å².